The van der Waals surface area contributed by atoms with E-state index in [9.17, 15) is 30.3 Å². The number of carbonyl (C=O) groups excluding carboxylic acids is 1. The van der Waals surface area contributed by atoms with E-state index in [0.29, 0.717) is 6.42 Å². The largest absolute Gasteiger partial charge is 0.394 e. The normalized spacial score (nSPS) is 21.6. The second kappa shape index (κ2) is 36.0. The van der Waals surface area contributed by atoms with Gasteiger partial charge in [-0.05, 0) is 44.9 Å². The maximum Gasteiger partial charge on any atom is 0.220 e. The predicted octanol–water partition coefficient (Wildman–Crippen LogP) is 9.11. The van der Waals surface area contributed by atoms with Crippen molar-refractivity contribution in [3.63, 3.8) is 0 Å². The summed E-state index contributed by atoms with van der Waals surface area (Å²) >= 11 is 0. The van der Waals surface area contributed by atoms with Gasteiger partial charge in [-0.25, -0.2) is 0 Å². The fraction of sp³-hybridized carbons (Fsp3) is 0.889. The lowest BCUT2D eigenvalue weighted by Crippen LogP contribution is -2.60. The van der Waals surface area contributed by atoms with Crippen molar-refractivity contribution >= 4 is 5.91 Å². The fourth-order valence-electron chi connectivity index (χ4n) is 7.09. The number of aliphatic hydroxyl groups excluding tert-OH is 5. The summed E-state index contributed by atoms with van der Waals surface area (Å²) in [5, 5.41) is 54.1. The van der Waals surface area contributed by atoms with Crippen molar-refractivity contribution in [2.24, 2.45) is 0 Å². The van der Waals surface area contributed by atoms with Crippen molar-refractivity contribution in [3.05, 3.63) is 24.3 Å². The van der Waals surface area contributed by atoms with Gasteiger partial charge in [0.15, 0.2) is 6.29 Å². The molecule has 1 amide bonds. The number of carbonyl (C=O) groups is 1. The van der Waals surface area contributed by atoms with E-state index in [2.05, 4.69) is 31.3 Å². The van der Waals surface area contributed by atoms with Crippen LogP contribution in [0, 0.1) is 0 Å². The summed E-state index contributed by atoms with van der Waals surface area (Å²) < 4.78 is 11.2. The van der Waals surface area contributed by atoms with Gasteiger partial charge < -0.3 is 40.3 Å². The van der Waals surface area contributed by atoms with Gasteiger partial charge in [0.05, 0.1) is 25.4 Å². The monoisotopic (exact) mass is 768 g/mol. The van der Waals surface area contributed by atoms with Crippen LogP contribution >= 0.6 is 0 Å². The first-order valence-corrected chi connectivity index (χ1v) is 22.6. The van der Waals surface area contributed by atoms with E-state index < -0.39 is 49.5 Å². The van der Waals surface area contributed by atoms with Gasteiger partial charge in [-0.15, -0.1) is 0 Å². The highest BCUT2D eigenvalue weighted by Crippen LogP contribution is 2.22. The zero-order valence-electron chi connectivity index (χ0n) is 34.7. The quantitative estimate of drug-likeness (QED) is 0.0271. The Morgan fingerprint density at radius 3 is 1.50 bits per heavy atom. The minimum atomic E-state index is -1.56. The Bertz CT molecular complexity index is 899. The van der Waals surface area contributed by atoms with Crippen LogP contribution in [0.1, 0.15) is 200 Å². The first-order valence-electron chi connectivity index (χ1n) is 22.6. The van der Waals surface area contributed by atoms with Crippen molar-refractivity contribution < 1.29 is 39.8 Å². The molecule has 0 spiro atoms. The number of amides is 1. The van der Waals surface area contributed by atoms with Gasteiger partial charge in [0.1, 0.15) is 24.4 Å². The van der Waals surface area contributed by atoms with Gasteiger partial charge >= 0.3 is 0 Å². The van der Waals surface area contributed by atoms with Gasteiger partial charge in [-0.2, -0.15) is 0 Å². The van der Waals surface area contributed by atoms with Crippen LogP contribution < -0.4 is 5.32 Å². The molecule has 7 unspecified atom stereocenters. The zero-order valence-corrected chi connectivity index (χ0v) is 34.7. The average molecular weight is 768 g/mol. The van der Waals surface area contributed by atoms with Crippen LogP contribution in [0.3, 0.4) is 0 Å². The summed E-state index contributed by atoms with van der Waals surface area (Å²) in [5.41, 5.74) is 0. The lowest BCUT2D eigenvalue weighted by atomic mass is 9.99. The van der Waals surface area contributed by atoms with Gasteiger partial charge in [0.25, 0.3) is 0 Å². The lowest BCUT2D eigenvalue weighted by molar-refractivity contribution is -0.302. The van der Waals surface area contributed by atoms with Gasteiger partial charge in [-0.1, -0.05) is 173 Å². The summed E-state index contributed by atoms with van der Waals surface area (Å²) in [6.07, 6.45) is 35.0. The van der Waals surface area contributed by atoms with Crippen LogP contribution in [0.5, 0.6) is 0 Å². The summed E-state index contributed by atoms with van der Waals surface area (Å²) in [6, 6.07) is -0.801. The molecule has 0 aromatic heterocycles. The van der Waals surface area contributed by atoms with Crippen molar-refractivity contribution in [2.45, 2.75) is 243 Å². The number of allylic oxidation sites excluding steroid dienone is 3. The molecule has 7 atom stereocenters. The summed E-state index contributed by atoms with van der Waals surface area (Å²) in [7, 11) is 0. The molecular formula is C45H85NO8. The van der Waals surface area contributed by atoms with E-state index in [-0.39, 0.29) is 12.5 Å². The minimum Gasteiger partial charge on any atom is -0.394 e. The van der Waals surface area contributed by atoms with E-state index >= 15 is 0 Å². The van der Waals surface area contributed by atoms with Crippen LogP contribution in [0.4, 0.5) is 0 Å². The molecule has 1 aliphatic rings. The fourth-order valence-corrected chi connectivity index (χ4v) is 7.09. The van der Waals surface area contributed by atoms with Crippen LogP contribution in [0.25, 0.3) is 0 Å². The Morgan fingerprint density at radius 1 is 0.611 bits per heavy atom. The zero-order chi connectivity index (χ0) is 39.5. The SMILES string of the molecule is CCCCCCCC/C=C\CCCCCCCCCCCC(=O)NC(COC1OC(CO)C(O)C(O)C1O)C(O)/C=C/CCCCCCCCCCCC. The third-order valence-corrected chi connectivity index (χ3v) is 10.8. The molecule has 0 aromatic rings. The maximum atomic E-state index is 12.9. The molecule has 9 nitrogen and oxygen atoms in total. The molecule has 0 bridgehead atoms. The standard InChI is InChI=1S/C45H85NO8/c1-3-5-7-9-11-13-15-17-18-19-20-21-22-23-25-27-29-31-33-35-41(49)46-38(37-53-45-44(52)43(51)42(50)40(36-47)54-45)39(48)34-32-30-28-26-24-16-14-12-10-8-6-4-2/h17-18,32,34,38-40,42-45,47-48,50-52H,3-16,19-31,33,35-37H2,1-2H3,(H,46,49)/b18-17-,34-32+. The van der Waals surface area contributed by atoms with Gasteiger partial charge in [0.2, 0.25) is 5.91 Å². The Morgan fingerprint density at radius 2 is 1.04 bits per heavy atom. The molecule has 1 fully saturated rings. The van der Waals surface area contributed by atoms with E-state index in [0.717, 1.165) is 38.5 Å². The topological polar surface area (TPSA) is 149 Å². The molecule has 1 saturated heterocycles. The number of nitrogens with one attached hydrogen (secondary N) is 1. The van der Waals surface area contributed by atoms with Crippen LogP contribution in [-0.4, -0.2) is 87.5 Å². The van der Waals surface area contributed by atoms with Gasteiger partial charge in [-0.3, -0.25) is 4.79 Å². The Labute approximate surface area is 330 Å². The summed E-state index contributed by atoms with van der Waals surface area (Å²) in [4.78, 5) is 12.9. The Hall–Kier alpha value is -1.33. The van der Waals surface area contributed by atoms with E-state index in [4.69, 9.17) is 9.47 Å². The second-order valence-electron chi connectivity index (χ2n) is 15.8. The highest BCUT2D eigenvalue weighted by Gasteiger charge is 2.44. The molecule has 0 aromatic carbocycles. The molecule has 1 aliphatic heterocycles. The first-order chi connectivity index (χ1) is 26.3. The highest BCUT2D eigenvalue weighted by molar-refractivity contribution is 5.76. The average Bonchev–Trinajstić information content (AvgIpc) is 3.17. The third kappa shape index (κ3) is 26.5. The van der Waals surface area contributed by atoms with E-state index in [1.807, 2.05) is 6.08 Å². The number of rotatable bonds is 37. The lowest BCUT2D eigenvalue weighted by Gasteiger charge is -2.40. The first kappa shape index (κ1) is 50.7. The second-order valence-corrected chi connectivity index (χ2v) is 15.8. The van der Waals surface area contributed by atoms with Crippen molar-refractivity contribution in [2.75, 3.05) is 13.2 Å². The number of unbranched alkanes of at least 4 members (excludes halogenated alkanes) is 25. The summed E-state index contributed by atoms with van der Waals surface area (Å²) in [6.45, 7) is 3.75. The Kier molecular flexibility index (Phi) is 33.8. The van der Waals surface area contributed by atoms with E-state index in [1.165, 1.54) is 141 Å². The maximum absolute atomic E-state index is 12.9. The number of ether oxygens (including phenoxy) is 2. The van der Waals surface area contributed by atoms with Crippen LogP contribution in [0.15, 0.2) is 24.3 Å². The molecule has 0 radical (unpaired) electrons. The molecular weight excluding hydrogens is 682 g/mol. The molecule has 0 aliphatic carbocycles. The van der Waals surface area contributed by atoms with Crippen LogP contribution in [0.2, 0.25) is 0 Å². The number of hydrogen-bond donors (Lipinski definition) is 6. The highest BCUT2D eigenvalue weighted by atomic mass is 16.7. The predicted molar refractivity (Wildman–Crippen MR) is 221 cm³/mol. The molecule has 54 heavy (non-hydrogen) atoms. The number of aliphatic hydroxyl groups is 5. The van der Waals surface area contributed by atoms with E-state index in [1.54, 1.807) is 6.08 Å². The van der Waals surface area contributed by atoms with Crippen LogP contribution in [-0.2, 0) is 14.3 Å². The molecule has 9 heteroatoms. The molecule has 318 valence electrons. The Balaban J connectivity index is 2.34. The third-order valence-electron chi connectivity index (χ3n) is 10.8. The molecule has 0 saturated carbocycles. The van der Waals surface area contributed by atoms with Crippen molar-refractivity contribution in [1.82, 2.24) is 5.32 Å². The van der Waals surface area contributed by atoms with Crippen molar-refractivity contribution in [1.29, 1.82) is 0 Å². The minimum absolute atomic E-state index is 0.180. The molecule has 1 rings (SSSR count). The summed E-state index contributed by atoms with van der Waals surface area (Å²) in [5.74, 6) is -0.180. The number of hydrogen-bond acceptors (Lipinski definition) is 8. The molecule has 6 N–H and O–H groups in total. The van der Waals surface area contributed by atoms with Crippen molar-refractivity contribution in [3.8, 4) is 0 Å². The smallest absolute Gasteiger partial charge is 0.220 e. The van der Waals surface area contributed by atoms with Gasteiger partial charge in [0, 0.05) is 6.42 Å². The molecule has 1 heterocycles.